The molecule has 3 heteroatoms. The summed E-state index contributed by atoms with van der Waals surface area (Å²) in [7, 11) is 0. The van der Waals surface area contributed by atoms with Crippen molar-refractivity contribution in [2.75, 3.05) is 0 Å². The Labute approximate surface area is 105 Å². The maximum absolute atomic E-state index is 11.5. The van der Waals surface area contributed by atoms with Crippen molar-refractivity contribution in [2.24, 2.45) is 0 Å². The van der Waals surface area contributed by atoms with Gasteiger partial charge in [0.1, 0.15) is 11.5 Å². The van der Waals surface area contributed by atoms with Gasteiger partial charge in [-0.2, -0.15) is 0 Å². The molecule has 18 heavy (non-hydrogen) atoms. The second-order valence-electron chi connectivity index (χ2n) is 4.19. The summed E-state index contributed by atoms with van der Waals surface area (Å²) in [5, 5.41) is 2.12. The molecule has 0 aliphatic carbocycles. The molecular formula is C15H14O3. The Morgan fingerprint density at radius 3 is 2.44 bits per heavy atom. The minimum atomic E-state index is -0.375. The molecule has 0 atom stereocenters. The Balaban J connectivity index is 2.07. The first-order valence-electron chi connectivity index (χ1n) is 5.84. The predicted molar refractivity (Wildman–Crippen MR) is 69.5 cm³/mol. The van der Waals surface area contributed by atoms with Gasteiger partial charge < -0.3 is 9.53 Å². The number of esters is 1. The number of fused-ring (bicyclic) bond motifs is 1. The minimum absolute atomic E-state index is 0.00883. The Kier molecular flexibility index (Phi) is 3.72. The van der Waals surface area contributed by atoms with Gasteiger partial charge in [0.2, 0.25) is 0 Å². The van der Waals surface area contributed by atoms with Gasteiger partial charge in [-0.3, -0.25) is 4.79 Å². The maximum Gasteiger partial charge on any atom is 0.311 e. The van der Waals surface area contributed by atoms with Gasteiger partial charge in [0.15, 0.2) is 0 Å². The Morgan fingerprint density at radius 2 is 1.72 bits per heavy atom. The average molecular weight is 242 g/mol. The standard InChI is InChI=1S/C15H14O3/c1-11(16)6-9-15(17)18-14-8-7-12-4-2-3-5-13(12)10-14/h2-5,7-8,10H,6,9H2,1H3. The highest BCUT2D eigenvalue weighted by atomic mass is 16.5. The molecule has 0 N–H and O–H groups in total. The lowest BCUT2D eigenvalue weighted by Crippen LogP contribution is -2.09. The van der Waals surface area contributed by atoms with Crippen LogP contribution in [-0.4, -0.2) is 11.8 Å². The van der Waals surface area contributed by atoms with Crippen molar-refractivity contribution >= 4 is 22.5 Å². The lowest BCUT2D eigenvalue weighted by atomic mass is 10.1. The van der Waals surface area contributed by atoms with Gasteiger partial charge in [0.25, 0.3) is 0 Å². The normalized spacial score (nSPS) is 10.3. The summed E-state index contributed by atoms with van der Waals surface area (Å²) in [5.41, 5.74) is 0. The second-order valence-corrected chi connectivity index (χ2v) is 4.19. The van der Waals surface area contributed by atoms with E-state index in [-0.39, 0.29) is 24.6 Å². The van der Waals surface area contributed by atoms with Crippen LogP contribution in [0.1, 0.15) is 19.8 Å². The fourth-order valence-electron chi connectivity index (χ4n) is 1.69. The van der Waals surface area contributed by atoms with Crippen molar-refractivity contribution in [3.63, 3.8) is 0 Å². The minimum Gasteiger partial charge on any atom is -0.426 e. The Hall–Kier alpha value is -2.16. The van der Waals surface area contributed by atoms with Crippen LogP contribution in [0.3, 0.4) is 0 Å². The fourth-order valence-corrected chi connectivity index (χ4v) is 1.69. The highest BCUT2D eigenvalue weighted by Crippen LogP contribution is 2.20. The van der Waals surface area contributed by atoms with E-state index in [1.165, 1.54) is 6.92 Å². The molecule has 3 nitrogen and oxygen atoms in total. The van der Waals surface area contributed by atoms with Gasteiger partial charge in [-0.15, -0.1) is 0 Å². The zero-order chi connectivity index (χ0) is 13.0. The first-order valence-corrected chi connectivity index (χ1v) is 5.84. The molecule has 0 aliphatic rings. The van der Waals surface area contributed by atoms with Gasteiger partial charge in [0.05, 0.1) is 6.42 Å². The zero-order valence-electron chi connectivity index (χ0n) is 10.2. The van der Waals surface area contributed by atoms with Crippen LogP contribution in [0.5, 0.6) is 5.75 Å². The molecule has 2 aromatic carbocycles. The number of rotatable bonds is 4. The smallest absolute Gasteiger partial charge is 0.311 e. The first kappa shape index (κ1) is 12.3. The van der Waals surface area contributed by atoms with E-state index >= 15 is 0 Å². The maximum atomic E-state index is 11.5. The van der Waals surface area contributed by atoms with Crippen molar-refractivity contribution in [3.8, 4) is 5.75 Å². The molecular weight excluding hydrogens is 228 g/mol. The largest absolute Gasteiger partial charge is 0.426 e. The number of ether oxygens (including phenoxy) is 1. The molecule has 0 unspecified atom stereocenters. The number of hydrogen-bond donors (Lipinski definition) is 0. The third-order valence-electron chi connectivity index (χ3n) is 2.63. The molecule has 92 valence electrons. The molecule has 0 amide bonds. The van der Waals surface area contributed by atoms with E-state index in [4.69, 9.17) is 4.74 Å². The molecule has 0 spiro atoms. The highest BCUT2D eigenvalue weighted by molar-refractivity contribution is 5.85. The lowest BCUT2D eigenvalue weighted by molar-refractivity contribution is -0.135. The third kappa shape index (κ3) is 3.17. The summed E-state index contributed by atoms with van der Waals surface area (Å²) in [5.74, 6) is 0.133. The van der Waals surface area contributed by atoms with Gasteiger partial charge in [-0.25, -0.2) is 0 Å². The lowest BCUT2D eigenvalue weighted by Gasteiger charge is -2.05. The van der Waals surface area contributed by atoms with Crippen LogP contribution in [0.25, 0.3) is 10.8 Å². The van der Waals surface area contributed by atoms with E-state index in [2.05, 4.69) is 0 Å². The monoisotopic (exact) mass is 242 g/mol. The molecule has 0 saturated heterocycles. The van der Waals surface area contributed by atoms with Crippen molar-refractivity contribution in [1.29, 1.82) is 0 Å². The van der Waals surface area contributed by atoms with Crippen LogP contribution in [0.2, 0.25) is 0 Å². The van der Waals surface area contributed by atoms with E-state index in [9.17, 15) is 9.59 Å². The zero-order valence-corrected chi connectivity index (χ0v) is 10.2. The summed E-state index contributed by atoms with van der Waals surface area (Å²) in [6.45, 7) is 1.46. The number of carbonyl (C=O) groups is 2. The third-order valence-corrected chi connectivity index (χ3v) is 2.63. The molecule has 0 bridgehead atoms. The van der Waals surface area contributed by atoms with Crippen molar-refractivity contribution in [3.05, 3.63) is 42.5 Å². The quantitative estimate of drug-likeness (QED) is 0.611. The van der Waals surface area contributed by atoms with E-state index in [0.717, 1.165) is 10.8 Å². The molecule has 0 heterocycles. The molecule has 0 fully saturated rings. The Bertz CT molecular complexity index is 587. The van der Waals surface area contributed by atoms with Gasteiger partial charge in [-0.1, -0.05) is 30.3 Å². The van der Waals surface area contributed by atoms with Gasteiger partial charge >= 0.3 is 5.97 Å². The molecule has 0 aliphatic heterocycles. The Morgan fingerprint density at radius 1 is 1.00 bits per heavy atom. The van der Waals surface area contributed by atoms with Crippen molar-refractivity contribution in [1.82, 2.24) is 0 Å². The van der Waals surface area contributed by atoms with Crippen LogP contribution in [-0.2, 0) is 9.59 Å². The van der Waals surface area contributed by atoms with E-state index in [1.54, 1.807) is 6.07 Å². The summed E-state index contributed by atoms with van der Waals surface area (Å²) < 4.78 is 5.18. The number of carbonyl (C=O) groups excluding carboxylic acids is 2. The summed E-state index contributed by atoms with van der Waals surface area (Å²) in [4.78, 5) is 22.2. The van der Waals surface area contributed by atoms with Crippen molar-refractivity contribution < 1.29 is 14.3 Å². The number of hydrogen-bond acceptors (Lipinski definition) is 3. The average Bonchev–Trinajstić information content (AvgIpc) is 2.36. The number of Topliss-reactive ketones (excluding diaryl/α,β-unsaturated/α-hetero) is 1. The first-order chi connectivity index (χ1) is 8.65. The molecule has 0 aromatic heterocycles. The van der Waals surface area contributed by atoms with Gasteiger partial charge in [-0.05, 0) is 29.8 Å². The van der Waals surface area contributed by atoms with Crippen LogP contribution < -0.4 is 4.74 Å². The fraction of sp³-hybridized carbons (Fsp3) is 0.200. The molecule has 0 radical (unpaired) electrons. The topological polar surface area (TPSA) is 43.4 Å². The van der Waals surface area contributed by atoms with Crippen LogP contribution in [0.15, 0.2) is 42.5 Å². The number of benzene rings is 2. The predicted octanol–water partition coefficient (Wildman–Crippen LogP) is 3.11. The summed E-state index contributed by atoms with van der Waals surface area (Å²) in [6, 6.07) is 13.3. The summed E-state index contributed by atoms with van der Waals surface area (Å²) >= 11 is 0. The highest BCUT2D eigenvalue weighted by Gasteiger charge is 2.06. The second kappa shape index (κ2) is 5.45. The molecule has 2 rings (SSSR count). The number of ketones is 1. The SMILES string of the molecule is CC(=O)CCC(=O)Oc1ccc2ccccc2c1. The summed E-state index contributed by atoms with van der Waals surface area (Å²) in [6.07, 6.45) is 0.356. The molecule has 2 aromatic rings. The van der Waals surface area contributed by atoms with Crippen molar-refractivity contribution in [2.45, 2.75) is 19.8 Å². The van der Waals surface area contributed by atoms with Crippen LogP contribution >= 0.6 is 0 Å². The van der Waals surface area contributed by atoms with Crippen LogP contribution in [0, 0.1) is 0 Å². The van der Waals surface area contributed by atoms with E-state index in [0.29, 0.717) is 5.75 Å². The van der Waals surface area contributed by atoms with E-state index < -0.39 is 0 Å². The molecule has 0 saturated carbocycles. The van der Waals surface area contributed by atoms with Crippen LogP contribution in [0.4, 0.5) is 0 Å². The van der Waals surface area contributed by atoms with E-state index in [1.807, 2.05) is 36.4 Å². The van der Waals surface area contributed by atoms with Gasteiger partial charge in [0, 0.05) is 6.42 Å².